The maximum Gasteiger partial charge on any atom is 0.240 e. The van der Waals surface area contributed by atoms with Crippen molar-refractivity contribution in [1.82, 2.24) is 0 Å². The molecule has 0 saturated heterocycles. The highest BCUT2D eigenvalue weighted by molar-refractivity contribution is 6.30. The van der Waals surface area contributed by atoms with E-state index < -0.39 is 11.3 Å². The van der Waals surface area contributed by atoms with Gasteiger partial charge in [-0.2, -0.15) is 0 Å². The summed E-state index contributed by atoms with van der Waals surface area (Å²) >= 11 is 5.81. The fourth-order valence-corrected chi connectivity index (χ4v) is 1.45. The molecule has 3 heteroatoms. The van der Waals surface area contributed by atoms with Crippen molar-refractivity contribution in [3.63, 3.8) is 0 Å². The van der Waals surface area contributed by atoms with Crippen molar-refractivity contribution in [3.05, 3.63) is 34.9 Å². The zero-order chi connectivity index (χ0) is 10.0. The third kappa shape index (κ3) is 2.46. The number of primary amides is 1. The molecular weight excluding hydrogens is 186 g/mol. The lowest BCUT2D eigenvalue weighted by Gasteiger charge is -2.07. The molecule has 1 atom stereocenters. The maximum absolute atomic E-state index is 10.8. The average Bonchev–Trinajstić information content (AvgIpc) is 2.01. The minimum atomic E-state index is -0.724. The number of hydrogen-bond acceptors (Lipinski definition) is 1. The van der Waals surface area contributed by atoms with Crippen LogP contribution in [0.15, 0.2) is 18.2 Å². The van der Waals surface area contributed by atoms with Gasteiger partial charge < -0.3 is 5.73 Å². The van der Waals surface area contributed by atoms with Crippen LogP contribution in [0.4, 0.5) is 0 Å². The summed E-state index contributed by atoms with van der Waals surface area (Å²) in [5.74, 6) is -0.508. The lowest BCUT2D eigenvalue weighted by atomic mass is 10.0. The van der Waals surface area contributed by atoms with Crippen LogP contribution in [0.3, 0.4) is 0 Å². The summed E-state index contributed by atoms with van der Waals surface area (Å²) in [5.41, 5.74) is 8.04. The van der Waals surface area contributed by atoms with Crippen LogP contribution in [-0.2, 0) is 4.79 Å². The van der Waals surface area contributed by atoms with Gasteiger partial charge in [-0.25, -0.2) is 0 Å². The average molecular weight is 198 g/mol. The molecule has 1 aromatic rings. The number of benzene rings is 1. The van der Waals surface area contributed by atoms with E-state index in [0.717, 1.165) is 16.7 Å². The Bertz CT molecular complexity index is 315. The first kappa shape index (κ1) is 10.1. The van der Waals surface area contributed by atoms with Crippen molar-refractivity contribution >= 4 is 17.5 Å². The van der Waals surface area contributed by atoms with Crippen LogP contribution in [0.25, 0.3) is 0 Å². The maximum atomic E-state index is 10.8. The smallest absolute Gasteiger partial charge is 0.240 e. The number of aryl methyl sites for hydroxylation is 2. The third-order valence-corrected chi connectivity index (χ3v) is 2.25. The van der Waals surface area contributed by atoms with Gasteiger partial charge >= 0.3 is 0 Å². The molecule has 0 heterocycles. The first-order chi connectivity index (χ1) is 6.00. The summed E-state index contributed by atoms with van der Waals surface area (Å²) < 4.78 is 0. The highest BCUT2D eigenvalue weighted by atomic mass is 35.5. The highest BCUT2D eigenvalue weighted by Crippen LogP contribution is 2.22. The van der Waals surface area contributed by atoms with E-state index in [1.165, 1.54) is 0 Å². The quantitative estimate of drug-likeness (QED) is 0.725. The van der Waals surface area contributed by atoms with Crippen LogP contribution in [0.2, 0.25) is 0 Å². The molecule has 1 amide bonds. The van der Waals surface area contributed by atoms with Gasteiger partial charge in [0.05, 0.1) is 0 Å². The molecule has 1 rings (SSSR count). The van der Waals surface area contributed by atoms with E-state index >= 15 is 0 Å². The van der Waals surface area contributed by atoms with Crippen LogP contribution in [0.5, 0.6) is 0 Å². The van der Waals surface area contributed by atoms with E-state index in [1.807, 2.05) is 32.0 Å². The number of hydrogen-bond donors (Lipinski definition) is 1. The summed E-state index contributed by atoms with van der Waals surface area (Å²) in [6.45, 7) is 3.92. The lowest BCUT2D eigenvalue weighted by Crippen LogP contribution is -2.17. The first-order valence-electron chi connectivity index (χ1n) is 4.02. The van der Waals surface area contributed by atoms with Gasteiger partial charge in [0.2, 0.25) is 5.91 Å². The zero-order valence-corrected chi connectivity index (χ0v) is 8.43. The van der Waals surface area contributed by atoms with E-state index in [-0.39, 0.29) is 0 Å². The Labute approximate surface area is 82.7 Å². The minimum absolute atomic E-state index is 0.508. The Morgan fingerprint density at radius 2 is 1.77 bits per heavy atom. The SMILES string of the molecule is Cc1cc(C)cc(C(Cl)C(N)=O)c1. The monoisotopic (exact) mass is 197 g/mol. The van der Waals surface area contributed by atoms with Gasteiger partial charge in [0, 0.05) is 0 Å². The van der Waals surface area contributed by atoms with Crippen LogP contribution >= 0.6 is 11.6 Å². The van der Waals surface area contributed by atoms with Crippen LogP contribution in [0, 0.1) is 13.8 Å². The number of alkyl halides is 1. The number of rotatable bonds is 2. The van der Waals surface area contributed by atoms with Crippen LogP contribution in [-0.4, -0.2) is 5.91 Å². The number of carbonyl (C=O) groups excluding carboxylic acids is 1. The second-order valence-corrected chi connectivity index (χ2v) is 3.62. The Morgan fingerprint density at radius 1 is 1.31 bits per heavy atom. The van der Waals surface area contributed by atoms with E-state index in [1.54, 1.807) is 0 Å². The second-order valence-electron chi connectivity index (χ2n) is 3.19. The summed E-state index contributed by atoms with van der Waals surface area (Å²) in [6.07, 6.45) is 0. The topological polar surface area (TPSA) is 43.1 Å². The van der Waals surface area contributed by atoms with Gasteiger partial charge in [-0.1, -0.05) is 29.3 Å². The van der Waals surface area contributed by atoms with Gasteiger partial charge in [0.1, 0.15) is 5.38 Å². The van der Waals surface area contributed by atoms with Gasteiger partial charge in [-0.05, 0) is 19.4 Å². The number of carbonyl (C=O) groups is 1. The van der Waals surface area contributed by atoms with Gasteiger partial charge in [-0.3, -0.25) is 4.79 Å². The van der Waals surface area contributed by atoms with Crippen molar-refractivity contribution in [2.45, 2.75) is 19.2 Å². The Balaban J connectivity index is 3.07. The van der Waals surface area contributed by atoms with E-state index in [9.17, 15) is 4.79 Å². The molecule has 1 unspecified atom stereocenters. The molecule has 2 nitrogen and oxygen atoms in total. The van der Waals surface area contributed by atoms with Crippen molar-refractivity contribution in [1.29, 1.82) is 0 Å². The van der Waals surface area contributed by atoms with Crippen molar-refractivity contribution < 1.29 is 4.79 Å². The van der Waals surface area contributed by atoms with E-state index in [0.29, 0.717) is 0 Å². The normalized spacial score (nSPS) is 12.5. The van der Waals surface area contributed by atoms with Crippen LogP contribution < -0.4 is 5.73 Å². The number of amides is 1. The fraction of sp³-hybridized carbons (Fsp3) is 0.300. The summed E-state index contributed by atoms with van der Waals surface area (Å²) in [5, 5.41) is -0.724. The molecule has 0 fully saturated rings. The molecule has 0 aliphatic carbocycles. The second kappa shape index (κ2) is 3.79. The summed E-state index contributed by atoms with van der Waals surface area (Å²) in [4.78, 5) is 10.8. The molecule has 70 valence electrons. The standard InChI is InChI=1S/C10H12ClNO/c1-6-3-7(2)5-8(4-6)9(11)10(12)13/h3-5,9H,1-2H3,(H2,12,13). The van der Waals surface area contributed by atoms with Gasteiger partial charge in [0.25, 0.3) is 0 Å². The van der Waals surface area contributed by atoms with Gasteiger partial charge in [0.15, 0.2) is 0 Å². The van der Waals surface area contributed by atoms with Crippen molar-refractivity contribution in [3.8, 4) is 0 Å². The number of nitrogens with two attached hydrogens (primary N) is 1. The van der Waals surface area contributed by atoms with Crippen LogP contribution in [0.1, 0.15) is 22.1 Å². The van der Waals surface area contributed by atoms with Crippen molar-refractivity contribution in [2.75, 3.05) is 0 Å². The Morgan fingerprint density at radius 3 is 2.15 bits per heavy atom. The van der Waals surface area contributed by atoms with E-state index in [2.05, 4.69) is 0 Å². The zero-order valence-electron chi connectivity index (χ0n) is 7.67. The van der Waals surface area contributed by atoms with Crippen molar-refractivity contribution in [2.24, 2.45) is 5.73 Å². The predicted molar refractivity (Wildman–Crippen MR) is 53.7 cm³/mol. The molecule has 2 N–H and O–H groups in total. The molecule has 13 heavy (non-hydrogen) atoms. The highest BCUT2D eigenvalue weighted by Gasteiger charge is 2.14. The molecule has 0 aliphatic heterocycles. The molecule has 0 spiro atoms. The molecule has 0 saturated carbocycles. The lowest BCUT2D eigenvalue weighted by molar-refractivity contribution is -0.117. The molecule has 0 aromatic heterocycles. The third-order valence-electron chi connectivity index (χ3n) is 1.79. The molecular formula is C10H12ClNO. The molecule has 0 bridgehead atoms. The van der Waals surface area contributed by atoms with Gasteiger partial charge in [-0.15, -0.1) is 11.6 Å². The predicted octanol–water partition coefficient (Wildman–Crippen LogP) is 2.07. The summed E-state index contributed by atoms with van der Waals surface area (Å²) in [7, 11) is 0. The first-order valence-corrected chi connectivity index (χ1v) is 4.46. The summed E-state index contributed by atoms with van der Waals surface area (Å²) in [6, 6.07) is 5.76. The Kier molecular flexibility index (Phi) is 2.94. The minimum Gasteiger partial charge on any atom is -0.368 e. The molecule has 0 aliphatic rings. The molecule has 0 radical (unpaired) electrons. The Hall–Kier alpha value is -1.02. The fourth-order valence-electron chi connectivity index (χ4n) is 1.32. The van der Waals surface area contributed by atoms with E-state index in [4.69, 9.17) is 17.3 Å². The molecule has 1 aromatic carbocycles. The number of halogens is 1. The largest absolute Gasteiger partial charge is 0.368 e.